The third-order valence-electron chi connectivity index (χ3n) is 3.03. The minimum atomic E-state index is -0.237. The fraction of sp³-hybridized carbons (Fsp3) is 0.400. The molecule has 90 valence electrons. The van der Waals surface area contributed by atoms with Crippen molar-refractivity contribution in [3.8, 4) is 0 Å². The SMILES string of the molecule is CC1CCCC(C(=O)/C=C/c2ccccc2)O1. The molecule has 1 aromatic carbocycles. The zero-order valence-electron chi connectivity index (χ0n) is 10.1. The number of hydrogen-bond acceptors (Lipinski definition) is 2. The Morgan fingerprint density at radius 2 is 2.06 bits per heavy atom. The lowest BCUT2D eigenvalue weighted by molar-refractivity contribution is -0.133. The predicted octanol–water partition coefficient (Wildman–Crippen LogP) is 3.23. The fourth-order valence-corrected chi connectivity index (χ4v) is 2.07. The maximum atomic E-state index is 11.9. The number of carbonyl (C=O) groups excluding carboxylic acids is 1. The first-order valence-corrected chi connectivity index (χ1v) is 6.18. The van der Waals surface area contributed by atoms with Crippen LogP contribution in [0.3, 0.4) is 0 Å². The van der Waals surface area contributed by atoms with Crippen LogP contribution in [0.15, 0.2) is 36.4 Å². The zero-order chi connectivity index (χ0) is 12.1. The van der Waals surface area contributed by atoms with Gasteiger partial charge in [-0.2, -0.15) is 0 Å². The molecule has 2 nitrogen and oxygen atoms in total. The van der Waals surface area contributed by atoms with E-state index < -0.39 is 0 Å². The summed E-state index contributed by atoms with van der Waals surface area (Å²) in [5.41, 5.74) is 1.05. The molecule has 0 aromatic heterocycles. The van der Waals surface area contributed by atoms with Crippen LogP contribution in [0, 0.1) is 0 Å². The molecule has 0 amide bonds. The maximum Gasteiger partial charge on any atom is 0.184 e. The van der Waals surface area contributed by atoms with E-state index in [1.165, 1.54) is 0 Å². The highest BCUT2D eigenvalue weighted by molar-refractivity contribution is 5.97. The Balaban J connectivity index is 1.94. The number of carbonyl (C=O) groups is 1. The molecule has 1 aliphatic rings. The van der Waals surface area contributed by atoms with Gasteiger partial charge in [-0.25, -0.2) is 0 Å². The Morgan fingerprint density at radius 1 is 1.29 bits per heavy atom. The van der Waals surface area contributed by atoms with Crippen LogP contribution < -0.4 is 0 Å². The monoisotopic (exact) mass is 230 g/mol. The molecular weight excluding hydrogens is 212 g/mol. The molecule has 0 N–H and O–H groups in total. The Hall–Kier alpha value is -1.41. The van der Waals surface area contributed by atoms with E-state index in [0.717, 1.165) is 24.8 Å². The van der Waals surface area contributed by atoms with E-state index in [2.05, 4.69) is 0 Å². The quantitative estimate of drug-likeness (QED) is 0.745. The first-order chi connectivity index (χ1) is 8.25. The first kappa shape index (κ1) is 12.1. The topological polar surface area (TPSA) is 26.3 Å². The molecule has 1 saturated heterocycles. The van der Waals surface area contributed by atoms with E-state index in [0.29, 0.717) is 0 Å². The molecule has 0 aliphatic carbocycles. The van der Waals surface area contributed by atoms with Gasteiger partial charge in [-0.05, 0) is 37.8 Å². The zero-order valence-corrected chi connectivity index (χ0v) is 10.1. The van der Waals surface area contributed by atoms with E-state index >= 15 is 0 Å². The summed E-state index contributed by atoms with van der Waals surface area (Å²) in [6, 6.07) is 9.85. The van der Waals surface area contributed by atoms with Crippen molar-refractivity contribution in [2.45, 2.75) is 38.4 Å². The Bertz CT molecular complexity index is 395. The molecule has 1 aromatic rings. The molecule has 1 aliphatic heterocycles. The van der Waals surface area contributed by atoms with Gasteiger partial charge in [-0.15, -0.1) is 0 Å². The number of ether oxygens (including phenoxy) is 1. The molecule has 17 heavy (non-hydrogen) atoms. The minimum absolute atomic E-state index is 0.0837. The van der Waals surface area contributed by atoms with Crippen molar-refractivity contribution in [2.24, 2.45) is 0 Å². The van der Waals surface area contributed by atoms with E-state index in [1.807, 2.05) is 43.3 Å². The lowest BCUT2D eigenvalue weighted by Gasteiger charge is -2.25. The van der Waals surface area contributed by atoms with Gasteiger partial charge in [0.15, 0.2) is 5.78 Å². The molecule has 0 radical (unpaired) electrons. The molecule has 0 saturated carbocycles. The van der Waals surface area contributed by atoms with Gasteiger partial charge < -0.3 is 4.74 Å². The standard InChI is InChI=1S/C15H18O2/c1-12-6-5-9-15(17-12)14(16)11-10-13-7-3-2-4-8-13/h2-4,7-8,10-12,15H,5-6,9H2,1H3/b11-10+. The van der Waals surface area contributed by atoms with E-state index in [-0.39, 0.29) is 18.0 Å². The van der Waals surface area contributed by atoms with Crippen LogP contribution >= 0.6 is 0 Å². The molecule has 1 fully saturated rings. The number of hydrogen-bond donors (Lipinski definition) is 0. The second-order valence-electron chi connectivity index (χ2n) is 4.51. The summed E-state index contributed by atoms with van der Waals surface area (Å²) in [6.45, 7) is 2.03. The van der Waals surface area contributed by atoms with E-state index in [1.54, 1.807) is 6.08 Å². The van der Waals surface area contributed by atoms with Crippen LogP contribution in [0.4, 0.5) is 0 Å². The van der Waals surface area contributed by atoms with Crippen LogP contribution in [-0.2, 0) is 9.53 Å². The van der Waals surface area contributed by atoms with Crippen molar-refractivity contribution in [1.82, 2.24) is 0 Å². The second-order valence-corrected chi connectivity index (χ2v) is 4.51. The Kier molecular flexibility index (Phi) is 4.10. The van der Waals surface area contributed by atoms with Crippen LogP contribution in [0.25, 0.3) is 6.08 Å². The van der Waals surface area contributed by atoms with Gasteiger partial charge in [0.2, 0.25) is 0 Å². The average molecular weight is 230 g/mol. The highest BCUT2D eigenvalue weighted by atomic mass is 16.5. The summed E-state index contributed by atoms with van der Waals surface area (Å²) < 4.78 is 5.64. The molecule has 0 bridgehead atoms. The van der Waals surface area contributed by atoms with Crippen LogP contribution in [0.2, 0.25) is 0 Å². The van der Waals surface area contributed by atoms with Gasteiger partial charge in [-0.1, -0.05) is 36.4 Å². The third kappa shape index (κ3) is 3.53. The first-order valence-electron chi connectivity index (χ1n) is 6.18. The van der Waals surface area contributed by atoms with Crippen LogP contribution in [-0.4, -0.2) is 18.0 Å². The summed E-state index contributed by atoms with van der Waals surface area (Å²) in [5, 5.41) is 0. The maximum absolute atomic E-state index is 11.9. The van der Waals surface area contributed by atoms with Crippen molar-refractivity contribution in [3.63, 3.8) is 0 Å². The summed E-state index contributed by atoms with van der Waals surface area (Å²) in [4.78, 5) is 11.9. The smallest absolute Gasteiger partial charge is 0.184 e. The summed E-state index contributed by atoms with van der Waals surface area (Å²) in [7, 11) is 0. The number of rotatable bonds is 3. The van der Waals surface area contributed by atoms with Gasteiger partial charge in [0.25, 0.3) is 0 Å². The lowest BCUT2D eigenvalue weighted by Crippen LogP contribution is -2.31. The second kappa shape index (κ2) is 5.78. The van der Waals surface area contributed by atoms with Gasteiger partial charge in [0.05, 0.1) is 6.10 Å². The van der Waals surface area contributed by atoms with E-state index in [9.17, 15) is 4.79 Å². The van der Waals surface area contributed by atoms with Crippen LogP contribution in [0.5, 0.6) is 0 Å². The Labute approximate surface area is 102 Å². The summed E-state index contributed by atoms with van der Waals surface area (Å²) in [5.74, 6) is 0.0837. The fourth-order valence-electron chi connectivity index (χ4n) is 2.07. The minimum Gasteiger partial charge on any atom is -0.367 e. The van der Waals surface area contributed by atoms with Gasteiger partial charge in [-0.3, -0.25) is 4.79 Å². The summed E-state index contributed by atoms with van der Waals surface area (Å²) in [6.07, 6.45) is 6.45. The highest BCUT2D eigenvalue weighted by Crippen LogP contribution is 2.19. The number of ketones is 1. The summed E-state index contributed by atoms with van der Waals surface area (Å²) >= 11 is 0. The molecule has 1 heterocycles. The third-order valence-corrected chi connectivity index (χ3v) is 3.03. The van der Waals surface area contributed by atoms with Gasteiger partial charge in [0.1, 0.15) is 6.10 Å². The molecule has 2 atom stereocenters. The van der Waals surface area contributed by atoms with Crippen LogP contribution in [0.1, 0.15) is 31.7 Å². The normalized spacial score (nSPS) is 25.0. The van der Waals surface area contributed by atoms with Gasteiger partial charge in [0, 0.05) is 0 Å². The van der Waals surface area contributed by atoms with Crippen molar-refractivity contribution in [3.05, 3.63) is 42.0 Å². The van der Waals surface area contributed by atoms with Crippen molar-refractivity contribution in [1.29, 1.82) is 0 Å². The molecule has 2 rings (SSSR count). The molecular formula is C15H18O2. The van der Waals surface area contributed by atoms with Crippen molar-refractivity contribution < 1.29 is 9.53 Å². The van der Waals surface area contributed by atoms with Crippen molar-refractivity contribution >= 4 is 11.9 Å². The molecule has 2 heteroatoms. The average Bonchev–Trinajstić information content (AvgIpc) is 2.37. The van der Waals surface area contributed by atoms with Gasteiger partial charge >= 0.3 is 0 Å². The molecule has 0 spiro atoms. The van der Waals surface area contributed by atoms with Crippen molar-refractivity contribution in [2.75, 3.05) is 0 Å². The highest BCUT2D eigenvalue weighted by Gasteiger charge is 2.23. The lowest BCUT2D eigenvalue weighted by atomic mass is 10.0. The number of benzene rings is 1. The predicted molar refractivity (Wildman–Crippen MR) is 68.7 cm³/mol. The molecule has 2 unspecified atom stereocenters. The van der Waals surface area contributed by atoms with E-state index in [4.69, 9.17) is 4.74 Å². The largest absolute Gasteiger partial charge is 0.367 e. The Morgan fingerprint density at radius 3 is 2.76 bits per heavy atom.